The molecule has 1 aromatic rings. The van der Waals surface area contributed by atoms with Gasteiger partial charge in [-0.1, -0.05) is 19.1 Å². The minimum Gasteiger partial charge on any atom is -0.364 e. The summed E-state index contributed by atoms with van der Waals surface area (Å²) in [4.78, 5) is 0. The van der Waals surface area contributed by atoms with Crippen molar-refractivity contribution in [3.63, 3.8) is 0 Å². The van der Waals surface area contributed by atoms with Crippen molar-refractivity contribution in [3.8, 4) is 0 Å². The average Bonchev–Trinajstić information content (AvgIpc) is 2.46. The number of nitrogens with one attached hydrogen (secondary N) is 1. The summed E-state index contributed by atoms with van der Waals surface area (Å²) in [7, 11) is 0. The Labute approximate surface area is 120 Å². The third-order valence-corrected chi connectivity index (χ3v) is 4.92. The van der Waals surface area contributed by atoms with Crippen LogP contribution in [0.15, 0.2) is 18.2 Å². The summed E-state index contributed by atoms with van der Waals surface area (Å²) in [6, 6.07) is 5.47. The van der Waals surface area contributed by atoms with Gasteiger partial charge in [0.15, 0.2) is 0 Å². The van der Waals surface area contributed by atoms with Crippen molar-refractivity contribution in [3.05, 3.63) is 35.1 Å². The van der Waals surface area contributed by atoms with E-state index >= 15 is 0 Å². The molecular formula is C17H24FNO. The van der Waals surface area contributed by atoms with E-state index in [0.29, 0.717) is 5.56 Å². The van der Waals surface area contributed by atoms with Crippen molar-refractivity contribution < 1.29 is 9.13 Å². The molecule has 20 heavy (non-hydrogen) atoms. The molecule has 1 saturated carbocycles. The van der Waals surface area contributed by atoms with Gasteiger partial charge in [-0.3, -0.25) is 0 Å². The van der Waals surface area contributed by atoms with E-state index in [-0.39, 0.29) is 17.5 Å². The number of aryl methyl sites for hydroxylation is 1. The van der Waals surface area contributed by atoms with E-state index in [1.807, 2.05) is 12.1 Å². The number of ether oxygens (including phenoxy) is 1. The topological polar surface area (TPSA) is 21.3 Å². The Bertz CT molecular complexity index is 480. The van der Waals surface area contributed by atoms with Crippen LogP contribution in [0.25, 0.3) is 0 Å². The quantitative estimate of drug-likeness (QED) is 0.844. The maximum absolute atomic E-state index is 13.7. The van der Waals surface area contributed by atoms with Crippen molar-refractivity contribution in [1.29, 1.82) is 0 Å². The molecule has 0 bridgehead atoms. The first-order valence-electron chi connectivity index (χ1n) is 7.73. The van der Waals surface area contributed by atoms with Crippen LogP contribution in [-0.2, 0) is 4.74 Å². The molecule has 0 aromatic heterocycles. The van der Waals surface area contributed by atoms with Crippen LogP contribution in [0.2, 0.25) is 0 Å². The first-order chi connectivity index (χ1) is 9.58. The lowest BCUT2D eigenvalue weighted by molar-refractivity contribution is -0.140. The zero-order chi connectivity index (χ0) is 14.2. The van der Waals surface area contributed by atoms with Gasteiger partial charge in [0.25, 0.3) is 0 Å². The highest BCUT2D eigenvalue weighted by molar-refractivity contribution is 5.25. The Morgan fingerprint density at radius 1 is 1.30 bits per heavy atom. The molecule has 0 amide bonds. The number of halogens is 1. The molecule has 1 spiro atoms. The molecule has 2 nitrogen and oxygen atoms in total. The second-order valence-electron chi connectivity index (χ2n) is 6.61. The molecule has 3 heteroatoms. The predicted octanol–water partition coefficient (Wildman–Crippen LogP) is 3.74. The Morgan fingerprint density at radius 2 is 2.05 bits per heavy atom. The maximum Gasteiger partial charge on any atom is 0.126 e. The molecule has 1 saturated heterocycles. The van der Waals surface area contributed by atoms with Gasteiger partial charge in [-0.15, -0.1) is 0 Å². The summed E-state index contributed by atoms with van der Waals surface area (Å²) in [5.74, 6) is 0.671. The Morgan fingerprint density at radius 3 is 2.75 bits per heavy atom. The highest BCUT2D eigenvalue weighted by atomic mass is 19.1. The molecule has 1 aliphatic carbocycles. The first kappa shape index (κ1) is 14.0. The summed E-state index contributed by atoms with van der Waals surface area (Å²) >= 11 is 0. The minimum atomic E-state index is -0.136. The molecule has 1 aromatic carbocycles. The van der Waals surface area contributed by atoms with Crippen LogP contribution < -0.4 is 5.32 Å². The Hall–Kier alpha value is -0.930. The molecule has 110 valence electrons. The van der Waals surface area contributed by atoms with Crippen LogP contribution in [0.3, 0.4) is 0 Å². The van der Waals surface area contributed by atoms with Gasteiger partial charge in [0, 0.05) is 13.1 Å². The number of rotatable bonds is 1. The van der Waals surface area contributed by atoms with Crippen LogP contribution in [0.1, 0.15) is 49.8 Å². The summed E-state index contributed by atoms with van der Waals surface area (Å²) in [6.07, 6.45) is 4.68. The summed E-state index contributed by atoms with van der Waals surface area (Å²) in [5.41, 5.74) is 1.62. The molecule has 2 fully saturated rings. The third-order valence-electron chi connectivity index (χ3n) is 4.92. The highest BCUT2D eigenvalue weighted by Crippen LogP contribution is 2.39. The van der Waals surface area contributed by atoms with E-state index in [1.165, 1.54) is 12.8 Å². The fraction of sp³-hybridized carbons (Fsp3) is 0.647. The van der Waals surface area contributed by atoms with Crippen LogP contribution >= 0.6 is 0 Å². The van der Waals surface area contributed by atoms with Crippen molar-refractivity contribution in [1.82, 2.24) is 5.32 Å². The van der Waals surface area contributed by atoms with Crippen LogP contribution in [0.5, 0.6) is 0 Å². The van der Waals surface area contributed by atoms with Gasteiger partial charge in [-0.25, -0.2) is 4.39 Å². The van der Waals surface area contributed by atoms with Gasteiger partial charge in [0.1, 0.15) is 5.82 Å². The Kier molecular flexibility index (Phi) is 3.83. The van der Waals surface area contributed by atoms with Gasteiger partial charge in [0.05, 0.1) is 11.7 Å². The fourth-order valence-electron chi connectivity index (χ4n) is 3.39. The zero-order valence-corrected chi connectivity index (χ0v) is 12.4. The lowest BCUT2D eigenvalue weighted by atomic mass is 9.78. The lowest BCUT2D eigenvalue weighted by Gasteiger charge is -2.45. The largest absolute Gasteiger partial charge is 0.364 e. The average molecular weight is 277 g/mol. The molecule has 1 atom stereocenters. The van der Waals surface area contributed by atoms with Gasteiger partial charge in [-0.2, -0.15) is 0 Å². The fourth-order valence-corrected chi connectivity index (χ4v) is 3.39. The molecule has 2 aliphatic rings. The molecule has 1 heterocycles. The molecule has 0 radical (unpaired) electrons. The molecule has 1 N–H and O–H groups in total. The third kappa shape index (κ3) is 2.75. The number of morpholine rings is 1. The summed E-state index contributed by atoms with van der Waals surface area (Å²) in [5, 5.41) is 3.50. The summed E-state index contributed by atoms with van der Waals surface area (Å²) < 4.78 is 20.2. The van der Waals surface area contributed by atoms with E-state index in [0.717, 1.165) is 37.4 Å². The normalized spacial score (nSPS) is 34.4. The zero-order valence-electron chi connectivity index (χ0n) is 12.4. The van der Waals surface area contributed by atoms with E-state index in [9.17, 15) is 4.39 Å². The predicted molar refractivity (Wildman–Crippen MR) is 78.2 cm³/mol. The number of hydrogen-bond donors (Lipinski definition) is 1. The van der Waals surface area contributed by atoms with E-state index in [2.05, 4.69) is 12.2 Å². The SMILES string of the molecule is Cc1ccc(C2CNCC3(CCC(C)CC3)O2)cc1F. The molecule has 3 rings (SSSR count). The number of benzene rings is 1. The minimum absolute atomic E-state index is 0.0211. The van der Waals surface area contributed by atoms with E-state index in [1.54, 1.807) is 13.0 Å². The highest BCUT2D eigenvalue weighted by Gasteiger charge is 2.40. The molecular weight excluding hydrogens is 253 g/mol. The van der Waals surface area contributed by atoms with E-state index in [4.69, 9.17) is 4.74 Å². The lowest BCUT2D eigenvalue weighted by Crippen LogP contribution is -2.52. The second-order valence-corrected chi connectivity index (χ2v) is 6.61. The smallest absolute Gasteiger partial charge is 0.126 e. The summed E-state index contributed by atoms with van der Waals surface area (Å²) in [6.45, 7) is 5.82. The van der Waals surface area contributed by atoms with Gasteiger partial charge < -0.3 is 10.1 Å². The maximum atomic E-state index is 13.7. The van der Waals surface area contributed by atoms with Gasteiger partial charge >= 0.3 is 0 Å². The van der Waals surface area contributed by atoms with Gasteiger partial charge in [0.2, 0.25) is 0 Å². The van der Waals surface area contributed by atoms with Crippen LogP contribution in [0.4, 0.5) is 4.39 Å². The van der Waals surface area contributed by atoms with Crippen molar-refractivity contribution in [2.45, 2.75) is 51.2 Å². The van der Waals surface area contributed by atoms with Crippen molar-refractivity contribution >= 4 is 0 Å². The van der Waals surface area contributed by atoms with Crippen LogP contribution in [-0.4, -0.2) is 18.7 Å². The standard InChI is InChI=1S/C17H24FNO/c1-12-5-7-17(8-6-12)11-19-10-16(20-17)14-4-3-13(2)15(18)9-14/h3-4,9,12,16,19H,5-8,10-11H2,1-2H3. The van der Waals surface area contributed by atoms with Crippen molar-refractivity contribution in [2.75, 3.05) is 13.1 Å². The second kappa shape index (κ2) is 5.45. The first-order valence-corrected chi connectivity index (χ1v) is 7.73. The molecule has 1 unspecified atom stereocenters. The van der Waals surface area contributed by atoms with Crippen molar-refractivity contribution in [2.24, 2.45) is 5.92 Å². The molecule has 1 aliphatic heterocycles. The Balaban J connectivity index is 1.76. The monoisotopic (exact) mass is 277 g/mol. The number of hydrogen-bond acceptors (Lipinski definition) is 2. The van der Waals surface area contributed by atoms with E-state index < -0.39 is 0 Å². The van der Waals surface area contributed by atoms with Gasteiger partial charge in [-0.05, 0) is 55.7 Å². The van der Waals surface area contributed by atoms with Crippen LogP contribution in [0, 0.1) is 18.7 Å².